The number of nitrogens with zero attached hydrogens (tertiary/aromatic N) is 3. The molecule has 3 rings (SSSR count). The summed E-state index contributed by atoms with van der Waals surface area (Å²) in [5.74, 6) is 0.0810. The predicted molar refractivity (Wildman–Crippen MR) is 88.3 cm³/mol. The Morgan fingerprint density at radius 2 is 2.04 bits per heavy atom. The molecule has 0 radical (unpaired) electrons. The zero-order valence-corrected chi connectivity index (χ0v) is 13.5. The summed E-state index contributed by atoms with van der Waals surface area (Å²) in [4.78, 5) is 18.4. The number of nitrogens with two attached hydrogens (primary N) is 1. The van der Waals surface area contributed by atoms with E-state index in [-0.39, 0.29) is 6.10 Å². The van der Waals surface area contributed by atoms with Crippen molar-refractivity contribution in [3.8, 4) is 17.0 Å². The largest absolute Gasteiger partial charge is 0.489 e. The molecule has 0 bridgehead atoms. The van der Waals surface area contributed by atoms with Crippen molar-refractivity contribution in [1.29, 1.82) is 0 Å². The van der Waals surface area contributed by atoms with Crippen LogP contribution in [-0.4, -0.2) is 46.6 Å². The molecule has 0 spiro atoms. The maximum atomic E-state index is 11.8. The van der Waals surface area contributed by atoms with Gasteiger partial charge in [-0.05, 0) is 38.1 Å². The van der Waals surface area contributed by atoms with Crippen molar-refractivity contribution >= 4 is 5.91 Å². The van der Waals surface area contributed by atoms with Crippen molar-refractivity contribution in [3.05, 3.63) is 36.3 Å². The van der Waals surface area contributed by atoms with Crippen LogP contribution >= 0.6 is 0 Å². The molecule has 2 aromatic rings. The number of amides is 1. The molecule has 23 heavy (non-hydrogen) atoms. The van der Waals surface area contributed by atoms with E-state index in [1.54, 1.807) is 12.4 Å². The summed E-state index contributed by atoms with van der Waals surface area (Å²) < 4.78 is 7.90. The Labute approximate surface area is 135 Å². The molecule has 122 valence electrons. The third-order valence-electron chi connectivity index (χ3n) is 4.20. The van der Waals surface area contributed by atoms with Gasteiger partial charge in [-0.3, -0.25) is 4.79 Å². The highest BCUT2D eigenvalue weighted by Gasteiger charge is 2.21. The smallest absolute Gasteiger partial charge is 0.252 e. The minimum Gasteiger partial charge on any atom is -0.489 e. The maximum Gasteiger partial charge on any atom is 0.252 e. The van der Waals surface area contributed by atoms with Crippen LogP contribution in [0.5, 0.6) is 5.75 Å². The van der Waals surface area contributed by atoms with E-state index in [9.17, 15) is 4.79 Å². The Morgan fingerprint density at radius 1 is 1.30 bits per heavy atom. The van der Waals surface area contributed by atoms with Crippen LogP contribution in [0.25, 0.3) is 11.3 Å². The van der Waals surface area contributed by atoms with Crippen LogP contribution < -0.4 is 10.5 Å². The lowest BCUT2D eigenvalue weighted by atomic mass is 10.1. The van der Waals surface area contributed by atoms with Gasteiger partial charge >= 0.3 is 0 Å². The first-order valence-electron chi connectivity index (χ1n) is 7.80. The van der Waals surface area contributed by atoms with Crippen molar-refractivity contribution < 1.29 is 9.53 Å². The summed E-state index contributed by atoms with van der Waals surface area (Å²) in [7, 11) is 4.01. The number of likely N-dealkylation sites (tertiary alicyclic amines) is 1. The summed E-state index contributed by atoms with van der Waals surface area (Å²) in [6, 6.07) is 5.50. The number of aromatic nitrogens is 2. The molecule has 1 aliphatic heterocycles. The average Bonchev–Trinajstić information content (AvgIpc) is 2.96. The molecule has 1 fully saturated rings. The van der Waals surface area contributed by atoms with Crippen molar-refractivity contribution in [2.45, 2.75) is 18.9 Å². The van der Waals surface area contributed by atoms with Crippen LogP contribution in [0.4, 0.5) is 0 Å². The van der Waals surface area contributed by atoms with Gasteiger partial charge in [0, 0.05) is 31.9 Å². The van der Waals surface area contributed by atoms with Crippen LogP contribution in [0.2, 0.25) is 0 Å². The second kappa shape index (κ2) is 6.42. The van der Waals surface area contributed by atoms with Gasteiger partial charge in [0.25, 0.3) is 5.91 Å². The molecule has 0 atom stereocenters. The van der Waals surface area contributed by atoms with Gasteiger partial charge in [-0.15, -0.1) is 0 Å². The fraction of sp³-hybridized carbons (Fsp3) is 0.412. The van der Waals surface area contributed by atoms with E-state index >= 15 is 0 Å². The molecule has 1 amide bonds. The summed E-state index contributed by atoms with van der Waals surface area (Å²) in [6.45, 7) is 2.01. The second-order valence-electron chi connectivity index (χ2n) is 6.12. The number of benzene rings is 1. The van der Waals surface area contributed by atoms with Gasteiger partial charge in [0.15, 0.2) is 0 Å². The number of carbonyl (C=O) groups is 1. The summed E-state index contributed by atoms with van der Waals surface area (Å²) in [6.07, 6.45) is 5.66. The number of ether oxygens (including phenoxy) is 1. The fourth-order valence-electron chi connectivity index (χ4n) is 2.83. The van der Waals surface area contributed by atoms with Gasteiger partial charge in [-0.25, -0.2) is 4.98 Å². The van der Waals surface area contributed by atoms with Gasteiger partial charge in [0.2, 0.25) is 0 Å². The van der Waals surface area contributed by atoms with Gasteiger partial charge < -0.3 is 19.9 Å². The van der Waals surface area contributed by atoms with E-state index in [1.165, 1.54) is 0 Å². The second-order valence-corrected chi connectivity index (χ2v) is 6.12. The van der Waals surface area contributed by atoms with E-state index in [1.807, 2.05) is 29.9 Å². The first-order valence-corrected chi connectivity index (χ1v) is 7.80. The highest BCUT2D eigenvalue weighted by Crippen LogP contribution is 2.28. The van der Waals surface area contributed by atoms with Crippen LogP contribution in [0.3, 0.4) is 0 Å². The quantitative estimate of drug-likeness (QED) is 0.931. The molecule has 0 saturated carbocycles. The van der Waals surface area contributed by atoms with Gasteiger partial charge in [0.05, 0.1) is 17.6 Å². The summed E-state index contributed by atoms with van der Waals surface area (Å²) >= 11 is 0. The van der Waals surface area contributed by atoms with Gasteiger partial charge in [-0.2, -0.15) is 0 Å². The molecule has 0 unspecified atom stereocenters. The molecular weight excluding hydrogens is 292 g/mol. The number of aryl methyl sites for hydroxylation is 1. The molecule has 1 aliphatic rings. The van der Waals surface area contributed by atoms with Crippen LogP contribution in [0, 0.1) is 0 Å². The predicted octanol–water partition coefficient (Wildman–Crippen LogP) is 1.66. The lowest BCUT2D eigenvalue weighted by molar-refractivity contribution is 0.0970. The van der Waals surface area contributed by atoms with Crippen molar-refractivity contribution in [2.75, 3.05) is 20.1 Å². The minimum atomic E-state index is -0.481. The third kappa shape index (κ3) is 3.53. The molecule has 1 aromatic heterocycles. The highest BCUT2D eigenvalue weighted by molar-refractivity contribution is 5.96. The monoisotopic (exact) mass is 314 g/mol. The Kier molecular flexibility index (Phi) is 4.34. The van der Waals surface area contributed by atoms with Crippen molar-refractivity contribution in [1.82, 2.24) is 14.5 Å². The van der Waals surface area contributed by atoms with Crippen LogP contribution in [0.1, 0.15) is 23.2 Å². The van der Waals surface area contributed by atoms with Crippen LogP contribution in [-0.2, 0) is 7.05 Å². The number of piperidine rings is 1. The minimum absolute atomic E-state index is 0.130. The summed E-state index contributed by atoms with van der Waals surface area (Å²) in [5.41, 5.74) is 7.61. The number of carbonyl (C=O) groups excluding carboxylic acids is 1. The number of hydrogen-bond donors (Lipinski definition) is 1. The maximum absolute atomic E-state index is 11.8. The Morgan fingerprint density at radius 3 is 2.65 bits per heavy atom. The normalized spacial score (nSPS) is 16.4. The Hall–Kier alpha value is -2.34. The van der Waals surface area contributed by atoms with Gasteiger partial charge in [0.1, 0.15) is 11.9 Å². The Balaban J connectivity index is 1.84. The SMILES string of the molecule is CN1CCC(Oc2ccc(-c3cn(C)cn3)cc2C(N)=O)CC1. The number of imidazole rings is 1. The molecule has 1 aromatic carbocycles. The number of rotatable bonds is 4. The lowest BCUT2D eigenvalue weighted by Gasteiger charge is -2.29. The van der Waals surface area contributed by atoms with Crippen molar-refractivity contribution in [2.24, 2.45) is 12.8 Å². The molecule has 1 saturated heterocycles. The standard InChI is InChI=1S/C17H22N4O2/c1-20-7-5-13(6-8-20)23-16-4-3-12(9-14(16)17(18)22)15-10-21(2)11-19-15/h3-4,9-11,13H,5-8H2,1-2H3,(H2,18,22). The van der Waals surface area contributed by atoms with E-state index in [0.717, 1.165) is 37.2 Å². The first kappa shape index (κ1) is 15.6. The molecule has 6 heteroatoms. The average molecular weight is 314 g/mol. The van der Waals surface area contributed by atoms with Crippen LogP contribution in [0.15, 0.2) is 30.7 Å². The van der Waals surface area contributed by atoms with E-state index in [4.69, 9.17) is 10.5 Å². The molecule has 2 N–H and O–H groups in total. The fourth-order valence-corrected chi connectivity index (χ4v) is 2.83. The molecule has 0 aliphatic carbocycles. The van der Waals surface area contributed by atoms with E-state index in [2.05, 4.69) is 16.9 Å². The van der Waals surface area contributed by atoms with E-state index in [0.29, 0.717) is 11.3 Å². The van der Waals surface area contributed by atoms with E-state index < -0.39 is 5.91 Å². The first-order chi connectivity index (χ1) is 11.0. The lowest BCUT2D eigenvalue weighted by Crippen LogP contribution is -2.36. The number of primary amides is 1. The molecule has 2 heterocycles. The third-order valence-corrected chi connectivity index (χ3v) is 4.20. The van der Waals surface area contributed by atoms with Gasteiger partial charge in [-0.1, -0.05) is 0 Å². The molecular formula is C17H22N4O2. The zero-order chi connectivity index (χ0) is 16.4. The topological polar surface area (TPSA) is 73.4 Å². The molecule has 6 nitrogen and oxygen atoms in total. The Bertz CT molecular complexity index is 702. The van der Waals surface area contributed by atoms with Crippen molar-refractivity contribution in [3.63, 3.8) is 0 Å². The highest BCUT2D eigenvalue weighted by atomic mass is 16.5. The zero-order valence-electron chi connectivity index (χ0n) is 13.5. The summed E-state index contributed by atoms with van der Waals surface area (Å²) in [5, 5.41) is 0. The number of hydrogen-bond acceptors (Lipinski definition) is 4.